The first kappa shape index (κ1) is 29.9. The van der Waals surface area contributed by atoms with Gasteiger partial charge in [-0.3, -0.25) is 4.79 Å². The third kappa shape index (κ3) is 7.15. The molecular formula is C27H29ClF3N3O5S. The Morgan fingerprint density at radius 1 is 1.15 bits per heavy atom. The topological polar surface area (TPSA) is 111 Å². The Labute approximate surface area is 235 Å². The highest BCUT2D eigenvalue weighted by molar-refractivity contribution is 7.87. The summed E-state index contributed by atoms with van der Waals surface area (Å²) in [6.07, 6.45) is -3.74. The minimum Gasteiger partial charge on any atom is -0.391 e. The summed E-state index contributed by atoms with van der Waals surface area (Å²) >= 11 is 6.14. The molecule has 0 aliphatic heterocycles. The van der Waals surface area contributed by atoms with Gasteiger partial charge in [-0.2, -0.15) is 26.7 Å². The van der Waals surface area contributed by atoms with Crippen molar-refractivity contribution >= 4 is 27.6 Å². The van der Waals surface area contributed by atoms with E-state index in [0.29, 0.717) is 40.4 Å². The quantitative estimate of drug-likeness (QED) is 0.331. The molecule has 1 heterocycles. The van der Waals surface area contributed by atoms with Crippen LogP contribution >= 0.6 is 11.6 Å². The van der Waals surface area contributed by atoms with Crippen LogP contribution < -0.4 is 9.50 Å². The molecule has 216 valence electrons. The summed E-state index contributed by atoms with van der Waals surface area (Å²) in [7, 11) is -4.46. The minimum absolute atomic E-state index is 0.150. The molecule has 0 unspecified atom stereocenters. The Hall–Kier alpha value is -3.09. The van der Waals surface area contributed by atoms with Gasteiger partial charge in [-0.15, -0.1) is 0 Å². The highest BCUT2D eigenvalue weighted by atomic mass is 35.5. The highest BCUT2D eigenvalue weighted by Gasteiger charge is 2.31. The average Bonchev–Trinajstić information content (AvgIpc) is 3.21. The fourth-order valence-corrected chi connectivity index (χ4v) is 5.89. The van der Waals surface area contributed by atoms with Gasteiger partial charge in [0.05, 0.1) is 35.7 Å². The molecule has 1 amide bonds. The second-order valence-electron chi connectivity index (χ2n) is 9.83. The summed E-state index contributed by atoms with van der Waals surface area (Å²) in [6, 6.07) is 10.5. The van der Waals surface area contributed by atoms with Crippen molar-refractivity contribution in [2.45, 2.75) is 64.3 Å². The van der Waals surface area contributed by atoms with Crippen LogP contribution in [0.5, 0.6) is 5.75 Å². The molecule has 1 saturated carbocycles. The number of nitrogens with one attached hydrogen (secondary N) is 1. The van der Waals surface area contributed by atoms with Gasteiger partial charge < -0.3 is 14.6 Å². The van der Waals surface area contributed by atoms with E-state index < -0.39 is 40.5 Å². The maximum Gasteiger partial charge on any atom is 0.390 e. The van der Waals surface area contributed by atoms with Gasteiger partial charge in [0.2, 0.25) is 0 Å². The number of nitrogens with zero attached hydrogens (tertiary/aromatic N) is 2. The number of carbonyl (C=O) groups excluding carboxylic acids is 1. The van der Waals surface area contributed by atoms with Crippen LogP contribution in [0.1, 0.15) is 53.7 Å². The number of aliphatic hydroxyl groups excluding tert-OH is 1. The zero-order chi connectivity index (χ0) is 29.2. The Kier molecular flexibility index (Phi) is 8.81. The van der Waals surface area contributed by atoms with Crippen molar-refractivity contribution in [3.63, 3.8) is 0 Å². The molecule has 1 fully saturated rings. The maximum absolute atomic E-state index is 13.3. The van der Waals surface area contributed by atoms with Gasteiger partial charge >= 0.3 is 16.3 Å². The molecule has 0 radical (unpaired) electrons. The van der Waals surface area contributed by atoms with Crippen LogP contribution in [0.4, 0.5) is 13.2 Å². The van der Waals surface area contributed by atoms with Gasteiger partial charge in [-0.1, -0.05) is 24.4 Å². The zero-order valence-corrected chi connectivity index (χ0v) is 23.4. The lowest BCUT2D eigenvalue weighted by atomic mass is 9.92. The van der Waals surface area contributed by atoms with Gasteiger partial charge in [0, 0.05) is 16.1 Å². The lowest BCUT2D eigenvalue weighted by Gasteiger charge is -2.28. The third-order valence-corrected chi connectivity index (χ3v) is 8.14. The number of aliphatic hydroxyl groups is 1. The van der Waals surface area contributed by atoms with E-state index in [-0.39, 0.29) is 17.5 Å². The second-order valence-corrected chi connectivity index (χ2v) is 12.0. The first-order chi connectivity index (χ1) is 18.7. The molecule has 1 aliphatic carbocycles. The van der Waals surface area contributed by atoms with Gasteiger partial charge in [-0.05, 0) is 74.7 Å². The smallest absolute Gasteiger partial charge is 0.390 e. The summed E-state index contributed by atoms with van der Waals surface area (Å²) in [6.45, 7) is 3.56. The van der Waals surface area contributed by atoms with Crippen LogP contribution in [0.2, 0.25) is 5.02 Å². The van der Waals surface area contributed by atoms with E-state index in [1.165, 1.54) is 24.3 Å². The summed E-state index contributed by atoms with van der Waals surface area (Å²) in [5.41, 5.74) is 3.19. The van der Waals surface area contributed by atoms with E-state index in [4.69, 9.17) is 15.8 Å². The molecule has 1 aromatic heterocycles. The van der Waals surface area contributed by atoms with Gasteiger partial charge in [-0.25, -0.2) is 4.68 Å². The molecule has 1 aliphatic rings. The van der Waals surface area contributed by atoms with Crippen molar-refractivity contribution in [3.8, 4) is 22.7 Å². The molecule has 3 aromatic rings. The number of benzene rings is 2. The second kappa shape index (κ2) is 11.8. The van der Waals surface area contributed by atoms with E-state index in [1.54, 1.807) is 29.8 Å². The number of aryl methyl sites for hydroxylation is 1. The van der Waals surface area contributed by atoms with Gasteiger partial charge in [0.25, 0.3) is 5.91 Å². The largest absolute Gasteiger partial charge is 0.391 e. The van der Waals surface area contributed by atoms with Crippen molar-refractivity contribution in [2.24, 2.45) is 0 Å². The van der Waals surface area contributed by atoms with Crippen molar-refractivity contribution in [2.75, 3.05) is 5.75 Å². The Balaban J connectivity index is 1.69. The standard InChI is InChI=1S/C27H29ClF3N3O5S/c1-16-15-19(28)9-12-22(16)34-25(17(2)24(33-34)26(36)32-21-5-3-4-6-23(21)35)18-7-10-20(11-8-18)39-40(37,38)14-13-27(29,30)31/h7-12,15,21,23,35H,3-6,13-14H2,1-2H3,(H,32,36)/t21-,23+/m1/s1. The predicted molar refractivity (Wildman–Crippen MR) is 144 cm³/mol. The summed E-state index contributed by atoms with van der Waals surface area (Å²) in [5.74, 6) is -1.79. The molecule has 0 bridgehead atoms. The fraction of sp³-hybridized carbons (Fsp3) is 0.407. The Morgan fingerprint density at radius 3 is 2.45 bits per heavy atom. The van der Waals surface area contributed by atoms with Crippen LogP contribution in [0.3, 0.4) is 0 Å². The molecule has 0 saturated heterocycles. The fourth-order valence-electron chi connectivity index (χ4n) is 4.70. The van der Waals surface area contributed by atoms with Crippen LogP contribution in [0, 0.1) is 13.8 Å². The normalized spacial score (nSPS) is 18.0. The zero-order valence-electron chi connectivity index (χ0n) is 21.8. The van der Waals surface area contributed by atoms with E-state index in [2.05, 4.69) is 10.4 Å². The summed E-state index contributed by atoms with van der Waals surface area (Å²) in [5, 5.41) is 18.4. The maximum atomic E-state index is 13.3. The van der Waals surface area contributed by atoms with E-state index in [0.717, 1.165) is 18.4 Å². The van der Waals surface area contributed by atoms with Gasteiger partial charge in [0.15, 0.2) is 5.69 Å². The molecule has 8 nitrogen and oxygen atoms in total. The average molecular weight is 600 g/mol. The number of carbonyl (C=O) groups is 1. The molecule has 2 N–H and O–H groups in total. The number of alkyl halides is 3. The van der Waals surface area contributed by atoms with E-state index in [9.17, 15) is 31.5 Å². The first-order valence-corrected chi connectivity index (χ1v) is 14.6. The monoisotopic (exact) mass is 599 g/mol. The Bertz CT molecular complexity index is 1490. The van der Waals surface area contributed by atoms with Crippen LogP contribution in [-0.4, -0.2) is 53.3 Å². The molecule has 2 atom stereocenters. The number of hydrogen-bond donors (Lipinski definition) is 2. The number of amides is 1. The van der Waals surface area contributed by atoms with Crippen molar-refractivity contribution in [1.82, 2.24) is 15.1 Å². The lowest BCUT2D eigenvalue weighted by Crippen LogP contribution is -2.45. The van der Waals surface area contributed by atoms with Crippen LogP contribution in [0.15, 0.2) is 42.5 Å². The molecule has 2 aromatic carbocycles. The number of halogens is 4. The van der Waals surface area contributed by atoms with E-state index >= 15 is 0 Å². The number of aromatic nitrogens is 2. The van der Waals surface area contributed by atoms with Crippen LogP contribution in [0.25, 0.3) is 16.9 Å². The predicted octanol–water partition coefficient (Wildman–Crippen LogP) is 5.50. The number of rotatable bonds is 8. The summed E-state index contributed by atoms with van der Waals surface area (Å²) < 4.78 is 67.9. The number of hydrogen-bond acceptors (Lipinski definition) is 6. The summed E-state index contributed by atoms with van der Waals surface area (Å²) in [4.78, 5) is 13.3. The highest BCUT2D eigenvalue weighted by Crippen LogP contribution is 2.32. The lowest BCUT2D eigenvalue weighted by molar-refractivity contribution is -0.130. The molecule has 4 rings (SSSR count). The molecular weight excluding hydrogens is 571 g/mol. The first-order valence-electron chi connectivity index (χ1n) is 12.7. The Morgan fingerprint density at radius 2 is 1.82 bits per heavy atom. The van der Waals surface area contributed by atoms with Gasteiger partial charge in [0.1, 0.15) is 5.75 Å². The minimum atomic E-state index is -4.63. The van der Waals surface area contributed by atoms with Crippen molar-refractivity contribution in [1.29, 1.82) is 0 Å². The molecule has 40 heavy (non-hydrogen) atoms. The molecule has 0 spiro atoms. The molecule has 13 heteroatoms. The van der Waals surface area contributed by atoms with E-state index in [1.807, 2.05) is 6.92 Å². The van der Waals surface area contributed by atoms with Crippen molar-refractivity contribution < 1.29 is 35.7 Å². The third-order valence-electron chi connectivity index (χ3n) is 6.76. The van der Waals surface area contributed by atoms with Crippen molar-refractivity contribution in [3.05, 3.63) is 64.3 Å². The SMILES string of the molecule is Cc1cc(Cl)ccc1-n1nc(C(=O)N[C@@H]2CCCC[C@@H]2O)c(C)c1-c1ccc(OS(=O)(=O)CCC(F)(F)F)cc1. The van der Waals surface area contributed by atoms with Crippen LogP contribution in [-0.2, 0) is 10.1 Å².